The van der Waals surface area contributed by atoms with E-state index in [9.17, 15) is 4.79 Å². The zero-order valence-corrected chi connectivity index (χ0v) is 11.0. The molecule has 0 aromatic carbocycles. The van der Waals surface area contributed by atoms with E-state index >= 15 is 0 Å². The number of piperazine rings is 1. The van der Waals surface area contributed by atoms with E-state index in [0.29, 0.717) is 18.7 Å². The molecule has 4 heteroatoms. The van der Waals surface area contributed by atoms with Gasteiger partial charge in [-0.15, -0.1) is 0 Å². The summed E-state index contributed by atoms with van der Waals surface area (Å²) in [5.74, 6) is -0.129. The van der Waals surface area contributed by atoms with Gasteiger partial charge >= 0.3 is 5.97 Å². The lowest BCUT2D eigenvalue weighted by Crippen LogP contribution is -2.65. The predicted octanol–water partition coefficient (Wildman–Crippen LogP) is 1.01. The summed E-state index contributed by atoms with van der Waals surface area (Å²) in [5, 5.41) is 3.36. The summed E-state index contributed by atoms with van der Waals surface area (Å²) in [7, 11) is 0. The zero-order valence-electron chi connectivity index (χ0n) is 11.0. The molecule has 0 radical (unpaired) electrons. The summed E-state index contributed by atoms with van der Waals surface area (Å²) in [4.78, 5) is 14.2. The second kappa shape index (κ2) is 5.15. The van der Waals surface area contributed by atoms with E-state index in [4.69, 9.17) is 4.74 Å². The Balaban J connectivity index is 2.82. The predicted molar refractivity (Wildman–Crippen MR) is 64.3 cm³/mol. The van der Waals surface area contributed by atoms with E-state index in [0.717, 1.165) is 13.1 Å². The number of carbonyl (C=O) groups is 1. The lowest BCUT2D eigenvalue weighted by atomic mass is 9.96. The highest BCUT2D eigenvalue weighted by molar-refractivity contribution is 5.80. The molecule has 1 aliphatic heterocycles. The van der Waals surface area contributed by atoms with Gasteiger partial charge in [0.25, 0.3) is 0 Å². The third kappa shape index (κ3) is 2.55. The van der Waals surface area contributed by atoms with Gasteiger partial charge in [0.2, 0.25) is 0 Å². The standard InChI is InChI=1S/C12H24N2O2/c1-6-16-11(15)12(4,5)14-9(2)7-13-8-10(14)3/h9-10,13H,6-8H2,1-5H3. The molecule has 1 aliphatic rings. The molecule has 0 saturated carbocycles. The minimum Gasteiger partial charge on any atom is -0.465 e. The molecule has 4 nitrogen and oxygen atoms in total. The van der Waals surface area contributed by atoms with Crippen molar-refractivity contribution in [2.75, 3.05) is 19.7 Å². The average Bonchev–Trinajstić information content (AvgIpc) is 2.17. The van der Waals surface area contributed by atoms with Gasteiger partial charge in [0.1, 0.15) is 5.54 Å². The number of nitrogens with zero attached hydrogens (tertiary/aromatic N) is 1. The number of nitrogens with one attached hydrogen (secondary N) is 1. The van der Waals surface area contributed by atoms with Crippen LogP contribution in [-0.2, 0) is 9.53 Å². The maximum absolute atomic E-state index is 12.0. The molecule has 0 amide bonds. The molecule has 1 fully saturated rings. The van der Waals surface area contributed by atoms with Crippen molar-refractivity contribution in [2.24, 2.45) is 0 Å². The Morgan fingerprint density at radius 3 is 2.31 bits per heavy atom. The van der Waals surface area contributed by atoms with Crippen molar-refractivity contribution >= 4 is 5.97 Å². The first-order valence-electron chi connectivity index (χ1n) is 6.07. The van der Waals surface area contributed by atoms with Crippen LogP contribution in [0.2, 0.25) is 0 Å². The minimum atomic E-state index is -0.545. The topological polar surface area (TPSA) is 41.6 Å². The molecule has 1 rings (SSSR count). The molecule has 1 saturated heterocycles. The molecule has 2 unspecified atom stereocenters. The summed E-state index contributed by atoms with van der Waals surface area (Å²) >= 11 is 0. The molecule has 1 heterocycles. The van der Waals surface area contributed by atoms with Crippen LogP contribution in [0.4, 0.5) is 0 Å². The number of rotatable bonds is 3. The van der Waals surface area contributed by atoms with E-state index < -0.39 is 5.54 Å². The minimum absolute atomic E-state index is 0.129. The molecule has 94 valence electrons. The highest BCUT2D eigenvalue weighted by Gasteiger charge is 2.42. The first-order valence-corrected chi connectivity index (χ1v) is 6.07. The number of hydrogen-bond donors (Lipinski definition) is 1. The normalized spacial score (nSPS) is 27.8. The van der Waals surface area contributed by atoms with Crippen LogP contribution < -0.4 is 5.32 Å². The van der Waals surface area contributed by atoms with E-state index in [1.54, 1.807) is 0 Å². The highest BCUT2D eigenvalue weighted by atomic mass is 16.5. The van der Waals surface area contributed by atoms with Crippen molar-refractivity contribution < 1.29 is 9.53 Å². The van der Waals surface area contributed by atoms with Gasteiger partial charge in [-0.05, 0) is 34.6 Å². The quantitative estimate of drug-likeness (QED) is 0.732. The van der Waals surface area contributed by atoms with Gasteiger partial charge in [-0.2, -0.15) is 0 Å². The van der Waals surface area contributed by atoms with Crippen LogP contribution in [0.15, 0.2) is 0 Å². The fourth-order valence-corrected chi connectivity index (χ4v) is 2.65. The third-order valence-electron chi connectivity index (χ3n) is 3.25. The van der Waals surface area contributed by atoms with E-state index in [1.165, 1.54) is 0 Å². The molecule has 0 aromatic heterocycles. The Hall–Kier alpha value is -0.610. The average molecular weight is 228 g/mol. The molecule has 2 atom stereocenters. The van der Waals surface area contributed by atoms with Gasteiger partial charge in [-0.3, -0.25) is 9.69 Å². The van der Waals surface area contributed by atoms with Gasteiger partial charge < -0.3 is 10.1 Å². The lowest BCUT2D eigenvalue weighted by Gasteiger charge is -2.47. The summed E-state index contributed by atoms with van der Waals surface area (Å²) in [6, 6.07) is 0.700. The summed E-state index contributed by atoms with van der Waals surface area (Å²) in [6.07, 6.45) is 0. The van der Waals surface area contributed by atoms with E-state index in [-0.39, 0.29) is 5.97 Å². The Morgan fingerprint density at radius 1 is 1.38 bits per heavy atom. The van der Waals surface area contributed by atoms with E-state index in [2.05, 4.69) is 24.1 Å². The maximum atomic E-state index is 12.0. The molecule has 1 N–H and O–H groups in total. The monoisotopic (exact) mass is 228 g/mol. The van der Waals surface area contributed by atoms with Gasteiger partial charge in [-0.25, -0.2) is 0 Å². The van der Waals surface area contributed by atoms with Gasteiger partial charge in [0, 0.05) is 25.2 Å². The Labute approximate surface area is 98.3 Å². The molecule has 16 heavy (non-hydrogen) atoms. The molecular formula is C12H24N2O2. The van der Waals surface area contributed by atoms with Crippen LogP contribution in [-0.4, -0.2) is 48.2 Å². The Bertz CT molecular complexity index is 243. The summed E-state index contributed by atoms with van der Waals surface area (Å²) < 4.78 is 5.16. The first-order chi connectivity index (χ1) is 7.41. The maximum Gasteiger partial charge on any atom is 0.325 e. The summed E-state index contributed by atoms with van der Waals surface area (Å²) in [5.41, 5.74) is -0.545. The third-order valence-corrected chi connectivity index (χ3v) is 3.25. The highest BCUT2D eigenvalue weighted by Crippen LogP contribution is 2.24. The number of hydrogen-bond acceptors (Lipinski definition) is 4. The van der Waals surface area contributed by atoms with Crippen molar-refractivity contribution in [3.8, 4) is 0 Å². The number of ether oxygens (including phenoxy) is 1. The van der Waals surface area contributed by atoms with Crippen molar-refractivity contribution in [1.82, 2.24) is 10.2 Å². The van der Waals surface area contributed by atoms with Crippen molar-refractivity contribution in [3.05, 3.63) is 0 Å². The van der Waals surface area contributed by atoms with Crippen molar-refractivity contribution in [3.63, 3.8) is 0 Å². The molecule has 0 spiro atoms. The molecule has 0 aromatic rings. The van der Waals surface area contributed by atoms with Crippen LogP contribution in [0, 0.1) is 0 Å². The fourth-order valence-electron chi connectivity index (χ4n) is 2.65. The van der Waals surface area contributed by atoms with E-state index in [1.807, 2.05) is 20.8 Å². The smallest absolute Gasteiger partial charge is 0.325 e. The van der Waals surface area contributed by atoms with Crippen LogP contribution in [0.25, 0.3) is 0 Å². The van der Waals surface area contributed by atoms with Gasteiger partial charge in [0.15, 0.2) is 0 Å². The van der Waals surface area contributed by atoms with Gasteiger partial charge in [-0.1, -0.05) is 0 Å². The van der Waals surface area contributed by atoms with Crippen molar-refractivity contribution in [2.45, 2.75) is 52.2 Å². The number of esters is 1. The SMILES string of the molecule is CCOC(=O)C(C)(C)N1C(C)CNCC1C. The van der Waals surface area contributed by atoms with Crippen molar-refractivity contribution in [1.29, 1.82) is 0 Å². The Kier molecular flexibility index (Phi) is 4.33. The molecular weight excluding hydrogens is 204 g/mol. The number of carbonyl (C=O) groups excluding carboxylic acids is 1. The zero-order chi connectivity index (χ0) is 12.3. The largest absolute Gasteiger partial charge is 0.465 e. The lowest BCUT2D eigenvalue weighted by molar-refractivity contribution is -0.160. The first kappa shape index (κ1) is 13.5. The van der Waals surface area contributed by atoms with Gasteiger partial charge in [0.05, 0.1) is 6.61 Å². The summed E-state index contributed by atoms with van der Waals surface area (Å²) in [6.45, 7) is 12.3. The molecule has 0 bridgehead atoms. The van der Waals surface area contributed by atoms with Crippen LogP contribution >= 0.6 is 0 Å². The van der Waals surface area contributed by atoms with Crippen LogP contribution in [0.1, 0.15) is 34.6 Å². The van der Waals surface area contributed by atoms with Crippen LogP contribution in [0.5, 0.6) is 0 Å². The van der Waals surface area contributed by atoms with Crippen LogP contribution in [0.3, 0.4) is 0 Å². The fraction of sp³-hybridized carbons (Fsp3) is 0.917. The Morgan fingerprint density at radius 2 is 1.88 bits per heavy atom. The molecule has 0 aliphatic carbocycles. The second-order valence-electron chi connectivity index (χ2n) is 5.04. The second-order valence-corrected chi connectivity index (χ2v) is 5.04.